The van der Waals surface area contributed by atoms with Crippen molar-refractivity contribution in [1.29, 1.82) is 0 Å². The molecule has 33 heavy (non-hydrogen) atoms. The van der Waals surface area contributed by atoms with Crippen LogP contribution in [0.1, 0.15) is 54.7 Å². The van der Waals surface area contributed by atoms with Crippen LogP contribution in [-0.4, -0.2) is 12.6 Å². The molecule has 1 unspecified atom stereocenters. The van der Waals surface area contributed by atoms with E-state index in [1.54, 1.807) is 7.11 Å². The van der Waals surface area contributed by atoms with Crippen LogP contribution in [0.4, 0.5) is 5.69 Å². The second-order valence-corrected chi connectivity index (χ2v) is 9.59. The fourth-order valence-corrected chi connectivity index (χ4v) is 5.48. The van der Waals surface area contributed by atoms with E-state index in [0.29, 0.717) is 0 Å². The number of anilines is 1. The van der Waals surface area contributed by atoms with E-state index in [4.69, 9.17) is 9.47 Å². The first-order valence-electron chi connectivity index (χ1n) is 11.5. The number of ether oxygens (including phenoxy) is 2. The van der Waals surface area contributed by atoms with Crippen LogP contribution in [0.3, 0.4) is 0 Å². The Hall–Kier alpha value is -3.46. The zero-order chi connectivity index (χ0) is 23.3. The molecule has 0 saturated heterocycles. The molecule has 0 aromatic heterocycles. The number of hydrogen-bond acceptors (Lipinski definition) is 3. The molecule has 0 spiro atoms. The molecule has 5 rings (SSSR count). The van der Waals surface area contributed by atoms with E-state index in [1.807, 2.05) is 24.3 Å². The predicted molar refractivity (Wildman–Crippen MR) is 137 cm³/mol. The summed E-state index contributed by atoms with van der Waals surface area (Å²) in [4.78, 5) is 0. The number of benzene rings is 3. The normalized spacial score (nSPS) is 17.5. The third kappa shape index (κ3) is 3.43. The highest BCUT2D eigenvalue weighted by Crippen LogP contribution is 2.53. The van der Waals surface area contributed by atoms with Crippen molar-refractivity contribution >= 4 is 11.3 Å². The molecule has 1 atom stereocenters. The van der Waals surface area contributed by atoms with Crippen molar-refractivity contribution in [3.8, 4) is 22.6 Å². The SMILES string of the molecule is C=CCc1c(C)cccc1C1Oc2cccc(OC)c2-c2ccc3c(c21)C(C)=CC(C)(C)N3. The van der Waals surface area contributed by atoms with Gasteiger partial charge in [-0.25, -0.2) is 0 Å². The molecule has 168 valence electrons. The summed E-state index contributed by atoms with van der Waals surface area (Å²) in [7, 11) is 1.72. The molecule has 0 fully saturated rings. The van der Waals surface area contributed by atoms with Gasteiger partial charge in [-0.3, -0.25) is 0 Å². The van der Waals surface area contributed by atoms with Crippen LogP contribution in [0, 0.1) is 6.92 Å². The molecule has 0 aliphatic carbocycles. The van der Waals surface area contributed by atoms with Crippen molar-refractivity contribution < 1.29 is 9.47 Å². The zero-order valence-corrected chi connectivity index (χ0v) is 20.1. The topological polar surface area (TPSA) is 30.5 Å². The minimum atomic E-state index is -0.226. The molecule has 3 aromatic carbocycles. The van der Waals surface area contributed by atoms with Gasteiger partial charge in [0.25, 0.3) is 0 Å². The lowest BCUT2D eigenvalue weighted by molar-refractivity contribution is 0.240. The number of rotatable bonds is 4. The summed E-state index contributed by atoms with van der Waals surface area (Å²) in [6.07, 6.45) is 4.86. The summed E-state index contributed by atoms with van der Waals surface area (Å²) in [5.74, 6) is 1.68. The number of nitrogens with one attached hydrogen (secondary N) is 1. The van der Waals surface area contributed by atoms with Crippen molar-refractivity contribution in [3.63, 3.8) is 0 Å². The number of fused-ring (bicyclic) bond motifs is 5. The Morgan fingerprint density at radius 1 is 1.06 bits per heavy atom. The van der Waals surface area contributed by atoms with Crippen LogP contribution in [0.15, 0.2) is 67.3 Å². The zero-order valence-electron chi connectivity index (χ0n) is 20.1. The van der Waals surface area contributed by atoms with E-state index >= 15 is 0 Å². The average molecular weight is 438 g/mol. The molecular weight excluding hydrogens is 406 g/mol. The van der Waals surface area contributed by atoms with Gasteiger partial charge in [0.2, 0.25) is 0 Å². The average Bonchev–Trinajstić information content (AvgIpc) is 2.78. The van der Waals surface area contributed by atoms with Crippen molar-refractivity contribution in [2.24, 2.45) is 0 Å². The molecule has 3 nitrogen and oxygen atoms in total. The summed E-state index contributed by atoms with van der Waals surface area (Å²) in [6, 6.07) is 16.9. The Morgan fingerprint density at radius 2 is 1.85 bits per heavy atom. The van der Waals surface area contributed by atoms with Crippen LogP contribution in [0.25, 0.3) is 16.7 Å². The van der Waals surface area contributed by atoms with Gasteiger partial charge in [-0.2, -0.15) is 0 Å². The molecule has 1 N–H and O–H groups in total. The van der Waals surface area contributed by atoms with E-state index in [2.05, 4.69) is 76.0 Å². The lowest BCUT2D eigenvalue weighted by Gasteiger charge is -2.38. The van der Waals surface area contributed by atoms with Crippen molar-refractivity contribution in [2.45, 2.75) is 45.8 Å². The van der Waals surface area contributed by atoms with Gasteiger partial charge in [0.1, 0.15) is 11.5 Å². The van der Waals surface area contributed by atoms with E-state index in [-0.39, 0.29) is 11.6 Å². The highest BCUT2D eigenvalue weighted by Gasteiger charge is 2.36. The minimum Gasteiger partial charge on any atom is -0.496 e. The van der Waals surface area contributed by atoms with Gasteiger partial charge in [0.15, 0.2) is 6.10 Å². The van der Waals surface area contributed by atoms with Crippen LogP contribution in [0.2, 0.25) is 0 Å². The standard InChI is InChI=1S/C30H31NO2/c1-7-10-20-18(2)11-8-12-21(20)29-28-22(27-24(32-6)13-9-14-25(27)33-29)15-16-23-26(28)19(3)17-30(4,5)31-23/h7-9,11-17,29,31H,1,10H2,2-6H3. The van der Waals surface area contributed by atoms with Crippen LogP contribution in [0.5, 0.6) is 11.5 Å². The number of allylic oxidation sites excluding steroid dienone is 2. The second-order valence-electron chi connectivity index (χ2n) is 9.59. The van der Waals surface area contributed by atoms with Gasteiger partial charge in [-0.15, -0.1) is 6.58 Å². The van der Waals surface area contributed by atoms with Crippen molar-refractivity contribution in [2.75, 3.05) is 12.4 Å². The van der Waals surface area contributed by atoms with Gasteiger partial charge in [-0.05, 0) is 74.6 Å². The first-order valence-corrected chi connectivity index (χ1v) is 11.5. The summed E-state index contributed by atoms with van der Waals surface area (Å²) >= 11 is 0. The monoisotopic (exact) mass is 437 g/mol. The van der Waals surface area contributed by atoms with Gasteiger partial charge in [-0.1, -0.05) is 42.5 Å². The van der Waals surface area contributed by atoms with Crippen molar-refractivity contribution in [1.82, 2.24) is 0 Å². The maximum atomic E-state index is 6.83. The van der Waals surface area contributed by atoms with E-state index in [0.717, 1.165) is 34.7 Å². The van der Waals surface area contributed by atoms with Crippen molar-refractivity contribution in [3.05, 3.63) is 95.1 Å². The van der Waals surface area contributed by atoms with Crippen LogP contribution >= 0.6 is 0 Å². The number of aryl methyl sites for hydroxylation is 1. The summed E-state index contributed by atoms with van der Waals surface area (Å²) in [5.41, 5.74) is 10.6. The molecule has 0 bridgehead atoms. The molecule has 2 aliphatic heterocycles. The van der Waals surface area contributed by atoms with Gasteiger partial charge >= 0.3 is 0 Å². The summed E-state index contributed by atoms with van der Waals surface area (Å²) < 4.78 is 12.6. The highest BCUT2D eigenvalue weighted by atomic mass is 16.5. The fourth-order valence-electron chi connectivity index (χ4n) is 5.48. The Labute approximate surface area is 196 Å². The Morgan fingerprint density at radius 3 is 2.61 bits per heavy atom. The minimum absolute atomic E-state index is 0.108. The van der Waals surface area contributed by atoms with E-state index in [1.165, 1.54) is 33.4 Å². The smallest absolute Gasteiger partial charge is 0.150 e. The largest absolute Gasteiger partial charge is 0.496 e. The van der Waals surface area contributed by atoms with E-state index in [9.17, 15) is 0 Å². The molecule has 2 heterocycles. The van der Waals surface area contributed by atoms with Gasteiger partial charge in [0.05, 0.1) is 18.2 Å². The first-order chi connectivity index (χ1) is 15.8. The third-order valence-electron chi connectivity index (χ3n) is 6.74. The van der Waals surface area contributed by atoms with Crippen LogP contribution < -0.4 is 14.8 Å². The highest BCUT2D eigenvalue weighted by molar-refractivity contribution is 5.92. The second kappa shape index (κ2) is 7.84. The molecule has 0 saturated carbocycles. The molecule has 0 amide bonds. The Kier molecular flexibility index (Phi) is 5.08. The lowest BCUT2D eigenvalue weighted by atomic mass is 9.79. The predicted octanol–water partition coefficient (Wildman–Crippen LogP) is 7.49. The molecule has 0 radical (unpaired) electrons. The maximum absolute atomic E-state index is 6.83. The van der Waals surface area contributed by atoms with E-state index < -0.39 is 0 Å². The number of hydrogen-bond donors (Lipinski definition) is 1. The maximum Gasteiger partial charge on any atom is 0.150 e. The quantitative estimate of drug-likeness (QED) is 0.429. The molecule has 3 heteroatoms. The fraction of sp³-hybridized carbons (Fsp3) is 0.267. The molecular formula is C30H31NO2. The first kappa shape index (κ1) is 21.4. The van der Waals surface area contributed by atoms with Gasteiger partial charge in [0, 0.05) is 22.4 Å². The molecule has 3 aromatic rings. The number of methoxy groups -OCH3 is 1. The van der Waals surface area contributed by atoms with Gasteiger partial charge < -0.3 is 14.8 Å². The summed E-state index contributed by atoms with van der Waals surface area (Å²) in [5, 5.41) is 3.71. The lowest BCUT2D eigenvalue weighted by Crippen LogP contribution is -2.32. The summed E-state index contributed by atoms with van der Waals surface area (Å²) in [6.45, 7) is 12.8. The third-order valence-corrected chi connectivity index (χ3v) is 6.74. The Balaban J connectivity index is 1.85. The Bertz CT molecular complexity index is 1300. The van der Waals surface area contributed by atoms with Crippen LogP contribution in [-0.2, 0) is 6.42 Å². The molecule has 2 aliphatic rings.